The van der Waals surface area contributed by atoms with Crippen molar-refractivity contribution in [2.45, 2.75) is 348 Å². The molecule has 0 atom stereocenters. The molecule has 0 unspecified atom stereocenters. The molecule has 137 heavy (non-hydrogen) atoms. The molecule has 11 aromatic rings. The number of nitrogens with two attached hydrogens (primary N) is 10. The molecule has 0 saturated heterocycles. The van der Waals surface area contributed by atoms with Crippen LogP contribution in [0.1, 0.15) is 323 Å². The van der Waals surface area contributed by atoms with E-state index in [1.54, 1.807) is 0 Å². The maximum Gasteiger partial charge on any atom is 0.0739 e. The lowest BCUT2D eigenvalue weighted by molar-refractivity contribution is 0.0733. The van der Waals surface area contributed by atoms with Crippen LogP contribution in [0.5, 0.6) is 0 Å². The molecule has 0 amide bonds. The van der Waals surface area contributed by atoms with E-state index in [9.17, 15) is 0 Å². The summed E-state index contributed by atoms with van der Waals surface area (Å²) >= 11 is 0. The summed E-state index contributed by atoms with van der Waals surface area (Å²) < 4.78 is 22.9. The second-order valence-corrected chi connectivity index (χ2v) is 36.9. The van der Waals surface area contributed by atoms with Crippen LogP contribution in [0.2, 0.25) is 0 Å². The molecule has 7 aromatic carbocycles. The zero-order valence-electron chi connectivity index (χ0n) is 88.3. The average Bonchev–Trinajstić information content (AvgIpc) is 0.842. The van der Waals surface area contributed by atoms with Crippen molar-refractivity contribution in [3.63, 3.8) is 0 Å². The Morgan fingerprint density at radius 3 is 1.16 bits per heavy atom. The number of pyridine rings is 4. The first-order chi connectivity index (χ1) is 65.2. The van der Waals surface area contributed by atoms with Gasteiger partial charge in [-0.25, -0.2) is 0 Å². The topological polar surface area (TPSA) is 349 Å². The Morgan fingerprint density at radius 2 is 0.708 bits per heavy atom. The fraction of sp³-hybridized carbons (Fsp3) is 0.479. The van der Waals surface area contributed by atoms with Gasteiger partial charge in [0.15, 0.2) is 0 Å². The van der Waals surface area contributed by atoms with Gasteiger partial charge in [-0.15, -0.1) is 0 Å². The van der Waals surface area contributed by atoms with Gasteiger partial charge in [0.1, 0.15) is 0 Å². The van der Waals surface area contributed by atoms with Crippen LogP contribution in [0.3, 0.4) is 0 Å². The van der Waals surface area contributed by atoms with Gasteiger partial charge in [-0.05, 0) is 298 Å². The lowest BCUT2D eigenvalue weighted by atomic mass is 9.90. The normalized spacial score (nSPS) is 11.3. The van der Waals surface area contributed by atoms with Crippen molar-refractivity contribution in [3.05, 3.63) is 361 Å². The first-order valence-electron chi connectivity index (χ1n) is 49.8. The SMILES string of the molecule is C.CCCCCOCc1cnc(C)c(C)c1CN.CCc1ccc(C)c(CN)c1.CCc1ccc(CN)c(C)c1.Cc1cc(C(C)C)ccc1CN.Cc1ccc(C(C)C)cc1CN.Cc1ccc(C)c(CN)c1.Cc1ccc(CN)c(C)c1.Cc1cncc(COCC2CCCCC2)c1CN.Cc1cncc(COCc2ccccc2)c1CN.Cc1ncc(COCCC(C)C)c(CN)c1C. The predicted molar refractivity (Wildman–Crippen MR) is 584 cm³/mol. The van der Waals surface area contributed by atoms with Crippen molar-refractivity contribution in [2.24, 2.45) is 69.2 Å². The lowest BCUT2D eigenvalue weighted by Crippen LogP contribution is -2.14. The Balaban J connectivity index is 0.000000518. The van der Waals surface area contributed by atoms with Crippen molar-refractivity contribution < 1.29 is 18.9 Å². The Morgan fingerprint density at radius 1 is 0.314 bits per heavy atom. The van der Waals surface area contributed by atoms with E-state index in [1.807, 2.05) is 76.2 Å². The zero-order valence-corrected chi connectivity index (χ0v) is 88.3. The van der Waals surface area contributed by atoms with Gasteiger partial charge in [-0.2, -0.15) is 0 Å². The fourth-order valence-electron chi connectivity index (χ4n) is 15.3. The Kier molecular flexibility index (Phi) is 64.2. The van der Waals surface area contributed by atoms with Crippen LogP contribution in [0.25, 0.3) is 0 Å². The molecule has 0 bridgehead atoms. The number of benzene rings is 7. The third kappa shape index (κ3) is 46.9. The molecule has 0 aliphatic heterocycles. The fourth-order valence-corrected chi connectivity index (χ4v) is 15.3. The van der Waals surface area contributed by atoms with Gasteiger partial charge in [-0.3, -0.25) is 19.9 Å². The molecule has 1 aliphatic carbocycles. The van der Waals surface area contributed by atoms with E-state index in [4.69, 9.17) is 76.3 Å². The third-order valence-electron chi connectivity index (χ3n) is 25.1. The highest BCUT2D eigenvalue weighted by Gasteiger charge is 2.16. The minimum absolute atomic E-state index is 0. The van der Waals surface area contributed by atoms with Crippen molar-refractivity contribution in [1.29, 1.82) is 0 Å². The van der Waals surface area contributed by atoms with Gasteiger partial charge in [0.05, 0.1) is 33.0 Å². The first-order valence-corrected chi connectivity index (χ1v) is 49.8. The minimum Gasteiger partial charge on any atom is -0.377 e. The highest BCUT2D eigenvalue weighted by atomic mass is 16.5. The van der Waals surface area contributed by atoms with E-state index >= 15 is 0 Å². The van der Waals surface area contributed by atoms with Gasteiger partial charge < -0.3 is 76.3 Å². The molecule has 0 radical (unpaired) electrons. The van der Waals surface area contributed by atoms with Crippen LogP contribution in [-0.2, 0) is 130 Å². The van der Waals surface area contributed by atoms with Crippen molar-refractivity contribution >= 4 is 0 Å². The standard InChI is InChI=1S/C15H24N2O.C15H18N2O.2C14H24N2O.2C11H17N.2C10H15N.2C9H13N.CH4/c2*1-12-8-17-9-14(15(12)7-16)11-18-10-13-5-3-2-4-6-13;1-10(2)5-6-17-9-13-8-16-12(4)11(3)14(13)7-15;1-4-5-6-7-17-10-13-9-16-12(3)11(2)14(13)8-15;1-8(2)10-4-5-11(7-12)9(3)6-10;1-8(2)10-5-4-9(3)11(6-10)7-12;1-3-9-4-5-10(7-11)8(2)6-9;1-3-9-5-4-8(2)10(6-9)7-11;1-7-3-4-9(6-10)8(2)5-7;1-7-3-4-8(2)9(5-7)6-10;/h8-9,13H,2-7,10-11,16H2,1H3;2-6,8-9H,7,10-11,16H2,1H3;8,10H,5-7,9,15H2,1-4H3;9H,4-8,10,15H2,1-3H3;2*4-6,8H,7,12H2,1-3H3;2*4-6H,3,7,11H2,1-2H3;2*3-5H,6,10H2,1-2H3;1H4. The monoisotopic (exact) mass is 1870 g/mol. The predicted octanol–water partition coefficient (Wildman–Crippen LogP) is 24.4. The molecule has 18 heteroatoms. The molecular formula is C119H184N14O4. The summed E-state index contributed by atoms with van der Waals surface area (Å²) in [6, 6.07) is 48.8. The van der Waals surface area contributed by atoms with Crippen LogP contribution in [0, 0.1) is 109 Å². The summed E-state index contributed by atoms with van der Waals surface area (Å²) in [5, 5.41) is 0. The van der Waals surface area contributed by atoms with Crippen LogP contribution in [-0.4, -0.2) is 39.8 Å². The number of rotatable bonds is 33. The molecule has 1 saturated carbocycles. The van der Waals surface area contributed by atoms with Crippen LogP contribution in [0.15, 0.2) is 177 Å². The summed E-state index contributed by atoms with van der Waals surface area (Å²) in [6.07, 6.45) is 24.9. The molecule has 4 aromatic heterocycles. The van der Waals surface area contributed by atoms with Gasteiger partial charge in [-0.1, -0.05) is 252 Å². The van der Waals surface area contributed by atoms with Crippen molar-refractivity contribution in [3.8, 4) is 0 Å². The Hall–Kier alpha value is -9.42. The van der Waals surface area contributed by atoms with Crippen LogP contribution < -0.4 is 57.3 Å². The molecular weight excluding hydrogens is 1690 g/mol. The molecule has 20 N–H and O–H groups in total. The number of nitrogens with zero attached hydrogens (tertiary/aromatic N) is 4. The lowest BCUT2D eigenvalue weighted by Gasteiger charge is -2.21. The maximum atomic E-state index is 5.86. The number of hydrogen-bond acceptors (Lipinski definition) is 18. The number of ether oxygens (including phenoxy) is 4. The maximum absolute atomic E-state index is 5.86. The molecule has 18 nitrogen and oxygen atoms in total. The van der Waals surface area contributed by atoms with E-state index in [2.05, 4.69) is 280 Å². The van der Waals surface area contributed by atoms with E-state index < -0.39 is 0 Å². The van der Waals surface area contributed by atoms with E-state index in [1.165, 1.54) is 178 Å². The summed E-state index contributed by atoms with van der Waals surface area (Å²) in [4.78, 5) is 17.1. The van der Waals surface area contributed by atoms with Crippen LogP contribution >= 0.6 is 0 Å². The summed E-state index contributed by atoms with van der Waals surface area (Å²) in [5.74, 6) is 2.64. The molecule has 12 rings (SSSR count). The number of aryl methyl sites for hydroxylation is 14. The Labute approximate surface area is 831 Å². The summed E-state index contributed by atoms with van der Waals surface area (Å²) in [7, 11) is 0. The second-order valence-electron chi connectivity index (χ2n) is 36.9. The summed E-state index contributed by atoms with van der Waals surface area (Å²) in [5.41, 5.74) is 97.0. The minimum atomic E-state index is 0. The van der Waals surface area contributed by atoms with E-state index in [0.717, 1.165) is 102 Å². The van der Waals surface area contributed by atoms with Gasteiger partial charge in [0, 0.05) is 156 Å². The van der Waals surface area contributed by atoms with Gasteiger partial charge >= 0.3 is 0 Å². The highest BCUT2D eigenvalue weighted by Crippen LogP contribution is 2.27. The Bertz CT molecular complexity index is 5140. The largest absolute Gasteiger partial charge is 0.377 e. The summed E-state index contributed by atoms with van der Waals surface area (Å²) in [6.45, 7) is 60.4. The molecule has 754 valence electrons. The molecule has 4 heterocycles. The first kappa shape index (κ1) is 124. The van der Waals surface area contributed by atoms with Gasteiger partial charge in [0.25, 0.3) is 0 Å². The second kappa shape index (κ2) is 71.1. The van der Waals surface area contributed by atoms with Crippen molar-refractivity contribution in [2.75, 3.05) is 19.8 Å². The quantitative estimate of drug-likeness (QED) is 0.0171. The smallest absolute Gasteiger partial charge is 0.0739 e. The van der Waals surface area contributed by atoms with E-state index in [0.29, 0.717) is 116 Å². The molecule has 0 spiro atoms. The average molecular weight is 1870 g/mol. The highest BCUT2D eigenvalue weighted by molar-refractivity contribution is 5.40. The van der Waals surface area contributed by atoms with Crippen LogP contribution in [0.4, 0.5) is 0 Å². The zero-order chi connectivity index (χ0) is 101. The number of aromatic nitrogens is 4. The number of unbranched alkanes of at least 4 members (excludes halogenated alkanes) is 2. The van der Waals surface area contributed by atoms with Gasteiger partial charge in [0.2, 0.25) is 0 Å². The number of hydrogen-bond donors (Lipinski definition) is 10. The molecule has 1 fully saturated rings. The van der Waals surface area contributed by atoms with Crippen molar-refractivity contribution in [1.82, 2.24) is 19.9 Å². The molecule has 1 aliphatic rings. The van der Waals surface area contributed by atoms with E-state index in [-0.39, 0.29) is 7.43 Å². The third-order valence-corrected chi connectivity index (χ3v) is 25.1.